The molecule has 2 aliphatic rings. The van der Waals surface area contributed by atoms with Crippen LogP contribution in [0.1, 0.15) is 12.8 Å². The summed E-state index contributed by atoms with van der Waals surface area (Å²) in [5.41, 5.74) is 0.739. The zero-order valence-corrected chi connectivity index (χ0v) is 14.1. The van der Waals surface area contributed by atoms with E-state index in [-0.39, 0.29) is 12.7 Å². The quantitative estimate of drug-likeness (QED) is 0.900. The molecule has 132 valence electrons. The Balaban J connectivity index is 1.23. The average Bonchev–Trinajstić information content (AvgIpc) is 3.27. The summed E-state index contributed by atoms with van der Waals surface area (Å²) in [5.74, 6) is 2.03. The number of hydrogen-bond donors (Lipinski definition) is 1. The van der Waals surface area contributed by atoms with Gasteiger partial charge in [-0.3, -0.25) is 14.4 Å². The first-order valence-electron chi connectivity index (χ1n) is 8.65. The Kier molecular flexibility index (Phi) is 4.56. The van der Waals surface area contributed by atoms with Crippen LogP contribution in [-0.2, 0) is 11.3 Å². The molecule has 1 aromatic carbocycles. The second kappa shape index (κ2) is 7.14. The van der Waals surface area contributed by atoms with Crippen molar-refractivity contribution in [3.63, 3.8) is 0 Å². The molecule has 1 fully saturated rings. The monoisotopic (exact) mass is 342 g/mol. The standard InChI is InChI=1S/C18H22N4O3/c23-18(20-15-2-3-16-17(10-15)25-13-24-16)12-21-8-4-14(5-9-21)11-22-7-1-6-19-22/h1-3,6-7,10,14H,4-5,8-9,11-13H2,(H,20,23). The minimum atomic E-state index is 0.00407. The maximum absolute atomic E-state index is 12.3. The Morgan fingerprint density at radius 3 is 2.88 bits per heavy atom. The lowest BCUT2D eigenvalue weighted by Crippen LogP contribution is -2.40. The number of nitrogens with one attached hydrogen (secondary N) is 1. The Labute approximate surface area is 146 Å². The fraction of sp³-hybridized carbons (Fsp3) is 0.444. The lowest BCUT2D eigenvalue weighted by molar-refractivity contribution is -0.117. The number of anilines is 1. The van der Waals surface area contributed by atoms with Gasteiger partial charge in [-0.2, -0.15) is 5.10 Å². The number of piperidine rings is 1. The fourth-order valence-electron chi connectivity index (χ4n) is 3.38. The van der Waals surface area contributed by atoms with Gasteiger partial charge in [-0.15, -0.1) is 0 Å². The van der Waals surface area contributed by atoms with Gasteiger partial charge in [-0.05, 0) is 50.0 Å². The third kappa shape index (κ3) is 3.93. The summed E-state index contributed by atoms with van der Waals surface area (Å²) < 4.78 is 12.6. The SMILES string of the molecule is O=C(CN1CCC(Cn2cccn2)CC1)Nc1ccc2c(c1)OCO2. The number of aromatic nitrogens is 2. The van der Waals surface area contributed by atoms with Crippen LogP contribution in [0.15, 0.2) is 36.7 Å². The number of fused-ring (bicyclic) bond motifs is 1. The number of hydrogen-bond acceptors (Lipinski definition) is 5. The van der Waals surface area contributed by atoms with Crippen LogP contribution in [0.5, 0.6) is 11.5 Å². The van der Waals surface area contributed by atoms with Crippen LogP contribution < -0.4 is 14.8 Å². The van der Waals surface area contributed by atoms with Crippen molar-refractivity contribution in [2.75, 3.05) is 31.7 Å². The second-order valence-electron chi connectivity index (χ2n) is 6.56. The van der Waals surface area contributed by atoms with Gasteiger partial charge in [0.1, 0.15) is 0 Å². The van der Waals surface area contributed by atoms with Crippen molar-refractivity contribution in [3.8, 4) is 11.5 Å². The number of likely N-dealkylation sites (tertiary alicyclic amines) is 1. The van der Waals surface area contributed by atoms with Crippen molar-refractivity contribution in [1.29, 1.82) is 0 Å². The number of carbonyl (C=O) groups is 1. The third-order valence-corrected chi connectivity index (χ3v) is 4.74. The van der Waals surface area contributed by atoms with Crippen LogP contribution >= 0.6 is 0 Å². The maximum Gasteiger partial charge on any atom is 0.238 e. The van der Waals surface area contributed by atoms with E-state index in [0.717, 1.165) is 43.9 Å². The van der Waals surface area contributed by atoms with E-state index in [1.165, 1.54) is 0 Å². The van der Waals surface area contributed by atoms with Gasteiger partial charge in [0.05, 0.1) is 6.54 Å². The van der Waals surface area contributed by atoms with Crippen molar-refractivity contribution < 1.29 is 14.3 Å². The van der Waals surface area contributed by atoms with Crippen LogP contribution in [0.4, 0.5) is 5.69 Å². The van der Waals surface area contributed by atoms with Crippen molar-refractivity contribution in [2.45, 2.75) is 19.4 Å². The molecule has 1 amide bonds. The van der Waals surface area contributed by atoms with Crippen molar-refractivity contribution in [2.24, 2.45) is 5.92 Å². The topological polar surface area (TPSA) is 68.6 Å². The van der Waals surface area contributed by atoms with E-state index in [4.69, 9.17) is 9.47 Å². The highest BCUT2D eigenvalue weighted by atomic mass is 16.7. The minimum Gasteiger partial charge on any atom is -0.454 e. The minimum absolute atomic E-state index is 0.00407. The van der Waals surface area contributed by atoms with Crippen molar-refractivity contribution >= 4 is 11.6 Å². The Morgan fingerprint density at radius 2 is 2.08 bits per heavy atom. The highest BCUT2D eigenvalue weighted by molar-refractivity contribution is 5.92. The first kappa shape index (κ1) is 16.0. The number of carbonyl (C=O) groups excluding carboxylic acids is 1. The molecule has 0 atom stereocenters. The zero-order valence-electron chi connectivity index (χ0n) is 14.1. The Hall–Kier alpha value is -2.54. The molecule has 1 aromatic heterocycles. The van der Waals surface area contributed by atoms with Gasteiger partial charge in [0.2, 0.25) is 12.7 Å². The van der Waals surface area contributed by atoms with E-state index in [9.17, 15) is 4.79 Å². The van der Waals surface area contributed by atoms with Gasteiger partial charge >= 0.3 is 0 Å². The molecule has 0 unspecified atom stereocenters. The van der Waals surface area contributed by atoms with Gasteiger partial charge < -0.3 is 14.8 Å². The van der Waals surface area contributed by atoms with Crippen LogP contribution in [-0.4, -0.2) is 47.0 Å². The van der Waals surface area contributed by atoms with Crippen LogP contribution in [0.25, 0.3) is 0 Å². The van der Waals surface area contributed by atoms with E-state index in [0.29, 0.717) is 18.2 Å². The summed E-state index contributed by atoms with van der Waals surface area (Å²) in [7, 11) is 0. The molecule has 25 heavy (non-hydrogen) atoms. The Morgan fingerprint density at radius 1 is 1.24 bits per heavy atom. The van der Waals surface area contributed by atoms with E-state index in [1.54, 1.807) is 6.07 Å². The summed E-state index contributed by atoms with van der Waals surface area (Å²) in [6, 6.07) is 7.41. The summed E-state index contributed by atoms with van der Waals surface area (Å²) in [6.07, 6.45) is 6.01. The van der Waals surface area contributed by atoms with Gasteiger partial charge in [0.25, 0.3) is 0 Å². The molecule has 0 radical (unpaired) electrons. The summed E-state index contributed by atoms with van der Waals surface area (Å²) in [4.78, 5) is 14.5. The molecule has 1 saturated heterocycles. The van der Waals surface area contributed by atoms with Gasteiger partial charge in [-0.1, -0.05) is 0 Å². The van der Waals surface area contributed by atoms with Crippen molar-refractivity contribution in [1.82, 2.24) is 14.7 Å². The average molecular weight is 342 g/mol. The smallest absolute Gasteiger partial charge is 0.238 e. The lowest BCUT2D eigenvalue weighted by atomic mass is 9.97. The molecule has 3 heterocycles. The number of rotatable bonds is 5. The third-order valence-electron chi connectivity index (χ3n) is 4.74. The normalized spacial score (nSPS) is 17.6. The summed E-state index contributed by atoms with van der Waals surface area (Å²) in [5, 5.41) is 7.21. The molecule has 0 aliphatic carbocycles. The number of benzene rings is 1. The molecule has 2 aromatic rings. The van der Waals surface area contributed by atoms with Crippen molar-refractivity contribution in [3.05, 3.63) is 36.7 Å². The molecule has 0 bridgehead atoms. The highest BCUT2D eigenvalue weighted by Crippen LogP contribution is 2.34. The van der Waals surface area contributed by atoms with Gasteiger partial charge in [0.15, 0.2) is 11.5 Å². The fourth-order valence-corrected chi connectivity index (χ4v) is 3.38. The molecule has 1 N–H and O–H groups in total. The predicted molar refractivity (Wildman–Crippen MR) is 92.6 cm³/mol. The molecule has 0 saturated carbocycles. The molecular weight excluding hydrogens is 320 g/mol. The number of ether oxygens (including phenoxy) is 2. The summed E-state index contributed by atoms with van der Waals surface area (Å²) in [6.45, 7) is 3.51. The van der Waals surface area contributed by atoms with Gasteiger partial charge in [-0.25, -0.2) is 0 Å². The largest absolute Gasteiger partial charge is 0.454 e. The zero-order chi connectivity index (χ0) is 17.1. The molecule has 7 nitrogen and oxygen atoms in total. The van der Waals surface area contributed by atoms with Crippen LogP contribution in [0.3, 0.4) is 0 Å². The first-order chi connectivity index (χ1) is 12.3. The van der Waals surface area contributed by atoms with Crippen LogP contribution in [0.2, 0.25) is 0 Å². The van der Waals surface area contributed by atoms with E-state index in [1.807, 2.05) is 35.3 Å². The van der Waals surface area contributed by atoms with Gasteiger partial charge in [0, 0.05) is 30.7 Å². The van der Waals surface area contributed by atoms with E-state index < -0.39 is 0 Å². The molecule has 7 heteroatoms. The second-order valence-corrected chi connectivity index (χ2v) is 6.56. The maximum atomic E-state index is 12.3. The lowest BCUT2D eigenvalue weighted by Gasteiger charge is -2.31. The summed E-state index contributed by atoms with van der Waals surface area (Å²) >= 11 is 0. The molecule has 2 aliphatic heterocycles. The highest BCUT2D eigenvalue weighted by Gasteiger charge is 2.21. The first-order valence-corrected chi connectivity index (χ1v) is 8.65. The Bertz CT molecular complexity index is 724. The molecule has 0 spiro atoms. The molecular formula is C18H22N4O3. The molecule has 4 rings (SSSR count). The van der Waals surface area contributed by atoms with E-state index in [2.05, 4.69) is 15.3 Å². The number of amides is 1. The predicted octanol–water partition coefficient (Wildman–Crippen LogP) is 1.96. The van der Waals surface area contributed by atoms with E-state index >= 15 is 0 Å². The van der Waals surface area contributed by atoms with Crippen LogP contribution in [0, 0.1) is 5.92 Å². The number of nitrogens with zero attached hydrogens (tertiary/aromatic N) is 3.